The van der Waals surface area contributed by atoms with Crippen molar-refractivity contribution in [1.29, 1.82) is 0 Å². The smallest absolute Gasteiger partial charge is 0.317 e. The number of aliphatic carboxylic acids is 1. The van der Waals surface area contributed by atoms with Gasteiger partial charge in [-0.15, -0.1) is 0 Å². The number of amides is 2. The minimum Gasteiger partial charge on any atom is -0.481 e. The lowest BCUT2D eigenvalue weighted by Crippen LogP contribution is -2.49. The lowest BCUT2D eigenvalue weighted by molar-refractivity contribution is -0.141. The van der Waals surface area contributed by atoms with E-state index in [4.69, 9.17) is 14.6 Å². The van der Waals surface area contributed by atoms with Crippen LogP contribution in [0.5, 0.6) is 0 Å². The van der Waals surface area contributed by atoms with E-state index in [1.165, 1.54) is 26.0 Å². The molecule has 0 rings (SSSR count). The second-order valence-corrected chi connectivity index (χ2v) is 4.70. The quantitative estimate of drug-likeness (QED) is 0.502. The number of methoxy groups -OCH3 is 2. The molecule has 8 heteroatoms. The average Bonchev–Trinajstić information content (AvgIpc) is 2.35. The summed E-state index contributed by atoms with van der Waals surface area (Å²) in [5.74, 6) is -1.13. The Kier molecular flexibility index (Phi) is 8.86. The van der Waals surface area contributed by atoms with E-state index < -0.39 is 24.0 Å². The number of nitrogens with zero attached hydrogens (tertiary/aromatic N) is 1. The second-order valence-electron chi connectivity index (χ2n) is 4.70. The normalized spacial score (nSPS) is 13.6. The minimum atomic E-state index is -1.49. The summed E-state index contributed by atoms with van der Waals surface area (Å²) < 4.78 is 9.82. The molecule has 0 aromatic rings. The lowest BCUT2D eigenvalue weighted by Gasteiger charge is -2.26. The van der Waals surface area contributed by atoms with Crippen molar-refractivity contribution in [3.8, 4) is 0 Å². The Bertz CT molecular complexity index is 300. The fourth-order valence-corrected chi connectivity index (χ4v) is 1.48. The Labute approximate surface area is 118 Å². The minimum absolute atomic E-state index is 0.144. The molecule has 118 valence electrons. The van der Waals surface area contributed by atoms with E-state index in [0.717, 1.165) is 0 Å². The first-order chi connectivity index (χ1) is 9.32. The summed E-state index contributed by atoms with van der Waals surface area (Å²) >= 11 is 0. The van der Waals surface area contributed by atoms with Crippen LogP contribution in [0.15, 0.2) is 0 Å². The van der Waals surface area contributed by atoms with E-state index in [9.17, 15) is 14.7 Å². The number of carboxylic acid groups (broad SMARTS) is 1. The third-order valence-corrected chi connectivity index (χ3v) is 2.57. The van der Waals surface area contributed by atoms with Crippen LogP contribution in [0.3, 0.4) is 0 Å². The van der Waals surface area contributed by atoms with Gasteiger partial charge in [0.05, 0.1) is 25.2 Å². The molecule has 0 spiro atoms. The molecule has 8 nitrogen and oxygen atoms in total. The first-order valence-corrected chi connectivity index (χ1v) is 6.27. The van der Waals surface area contributed by atoms with E-state index in [-0.39, 0.29) is 6.54 Å². The number of urea groups is 1. The first-order valence-electron chi connectivity index (χ1n) is 6.27. The van der Waals surface area contributed by atoms with Crippen molar-refractivity contribution in [2.45, 2.75) is 18.9 Å². The molecule has 0 radical (unpaired) electrons. The number of aliphatic hydroxyl groups is 1. The summed E-state index contributed by atoms with van der Waals surface area (Å²) in [4.78, 5) is 24.0. The van der Waals surface area contributed by atoms with Crippen molar-refractivity contribution in [3.63, 3.8) is 0 Å². The number of carbonyl (C=O) groups excluding carboxylic acids is 1. The lowest BCUT2D eigenvalue weighted by atomic mass is 10.0. The van der Waals surface area contributed by atoms with Crippen molar-refractivity contribution in [2.24, 2.45) is 0 Å². The molecule has 0 heterocycles. The molecular weight excluding hydrogens is 268 g/mol. The van der Waals surface area contributed by atoms with Gasteiger partial charge in [-0.25, -0.2) is 4.79 Å². The van der Waals surface area contributed by atoms with Gasteiger partial charge in [-0.3, -0.25) is 4.79 Å². The predicted octanol–water partition coefficient (Wildman–Crippen LogP) is -0.483. The number of nitrogens with one attached hydrogen (secondary N) is 1. The van der Waals surface area contributed by atoms with Crippen LogP contribution in [0.1, 0.15) is 13.3 Å². The number of carboxylic acids is 1. The summed E-state index contributed by atoms with van der Waals surface area (Å²) in [6.07, 6.45) is -0.441. The summed E-state index contributed by atoms with van der Waals surface area (Å²) in [7, 11) is 3.06. The van der Waals surface area contributed by atoms with Gasteiger partial charge >= 0.3 is 12.0 Å². The maximum absolute atomic E-state index is 11.9. The van der Waals surface area contributed by atoms with Crippen molar-refractivity contribution in [3.05, 3.63) is 0 Å². The highest BCUT2D eigenvalue weighted by molar-refractivity contribution is 5.74. The molecule has 0 aliphatic rings. The fourth-order valence-electron chi connectivity index (χ4n) is 1.48. The second kappa shape index (κ2) is 9.51. The molecule has 0 fully saturated rings. The van der Waals surface area contributed by atoms with Crippen LogP contribution in [0, 0.1) is 0 Å². The van der Waals surface area contributed by atoms with Crippen molar-refractivity contribution in [2.75, 3.05) is 47.1 Å². The zero-order valence-electron chi connectivity index (χ0n) is 12.2. The molecule has 0 aromatic carbocycles. The topological polar surface area (TPSA) is 108 Å². The van der Waals surface area contributed by atoms with Crippen LogP contribution >= 0.6 is 0 Å². The van der Waals surface area contributed by atoms with E-state index in [2.05, 4.69) is 5.32 Å². The Morgan fingerprint density at radius 3 is 2.10 bits per heavy atom. The highest BCUT2D eigenvalue weighted by atomic mass is 16.5. The van der Waals surface area contributed by atoms with Crippen LogP contribution in [0.25, 0.3) is 0 Å². The molecule has 0 aliphatic carbocycles. The van der Waals surface area contributed by atoms with Crippen LogP contribution in [-0.2, 0) is 14.3 Å². The average molecular weight is 292 g/mol. The van der Waals surface area contributed by atoms with Crippen LogP contribution < -0.4 is 5.32 Å². The van der Waals surface area contributed by atoms with Gasteiger partial charge in [0.15, 0.2) is 0 Å². The highest BCUT2D eigenvalue weighted by Gasteiger charge is 2.25. The summed E-state index contributed by atoms with van der Waals surface area (Å²) in [5, 5.41) is 21.0. The zero-order valence-corrected chi connectivity index (χ0v) is 12.2. The molecule has 0 aromatic heterocycles. The molecule has 3 N–H and O–H groups in total. The first kappa shape index (κ1) is 18.6. The third kappa shape index (κ3) is 8.68. The number of carbonyl (C=O) groups is 2. The van der Waals surface area contributed by atoms with Gasteiger partial charge in [-0.05, 0) is 6.92 Å². The standard InChI is InChI=1S/C12H24N2O6/c1-12(18,8-10(15)16)9-13-11(17)14(4-6-19-2)5-7-20-3/h18H,4-9H2,1-3H3,(H,13,17)(H,15,16). The van der Waals surface area contributed by atoms with Gasteiger partial charge in [-0.2, -0.15) is 0 Å². The number of hydrogen-bond acceptors (Lipinski definition) is 5. The molecule has 0 saturated heterocycles. The Morgan fingerprint density at radius 1 is 1.20 bits per heavy atom. The maximum atomic E-state index is 11.9. The molecule has 2 amide bonds. The van der Waals surface area contributed by atoms with E-state index in [1.807, 2.05) is 0 Å². The van der Waals surface area contributed by atoms with Gasteiger partial charge in [0, 0.05) is 33.9 Å². The maximum Gasteiger partial charge on any atom is 0.317 e. The van der Waals surface area contributed by atoms with Crippen LogP contribution in [0.2, 0.25) is 0 Å². The van der Waals surface area contributed by atoms with Crippen molar-refractivity contribution in [1.82, 2.24) is 10.2 Å². The third-order valence-electron chi connectivity index (χ3n) is 2.57. The van der Waals surface area contributed by atoms with Gasteiger partial charge in [0.25, 0.3) is 0 Å². The van der Waals surface area contributed by atoms with Gasteiger partial charge in [0.2, 0.25) is 0 Å². The molecule has 0 saturated carbocycles. The van der Waals surface area contributed by atoms with E-state index in [0.29, 0.717) is 26.3 Å². The van der Waals surface area contributed by atoms with Gasteiger partial charge in [-0.1, -0.05) is 0 Å². The fraction of sp³-hybridized carbons (Fsp3) is 0.833. The Balaban J connectivity index is 4.32. The largest absolute Gasteiger partial charge is 0.481 e. The van der Waals surface area contributed by atoms with E-state index >= 15 is 0 Å². The SMILES string of the molecule is COCCN(CCOC)C(=O)NCC(C)(O)CC(=O)O. The summed E-state index contributed by atoms with van der Waals surface area (Å²) in [5.41, 5.74) is -1.49. The molecular formula is C12H24N2O6. The molecule has 0 bridgehead atoms. The van der Waals surface area contributed by atoms with Crippen LogP contribution in [0.4, 0.5) is 4.79 Å². The number of hydrogen-bond donors (Lipinski definition) is 3. The molecule has 0 aliphatic heterocycles. The molecule has 1 atom stereocenters. The highest BCUT2D eigenvalue weighted by Crippen LogP contribution is 2.07. The molecule has 20 heavy (non-hydrogen) atoms. The van der Waals surface area contributed by atoms with Gasteiger partial charge in [0.1, 0.15) is 0 Å². The predicted molar refractivity (Wildman–Crippen MR) is 71.6 cm³/mol. The summed E-state index contributed by atoms with van der Waals surface area (Å²) in [6, 6.07) is -0.398. The molecule has 1 unspecified atom stereocenters. The Morgan fingerprint density at radius 2 is 1.70 bits per heavy atom. The summed E-state index contributed by atoms with van der Waals surface area (Å²) in [6.45, 7) is 2.73. The van der Waals surface area contributed by atoms with Gasteiger partial charge < -0.3 is 29.9 Å². The van der Waals surface area contributed by atoms with Crippen molar-refractivity contribution >= 4 is 12.0 Å². The zero-order chi connectivity index (χ0) is 15.6. The van der Waals surface area contributed by atoms with Crippen molar-refractivity contribution < 1.29 is 29.3 Å². The van der Waals surface area contributed by atoms with E-state index in [1.54, 1.807) is 0 Å². The monoisotopic (exact) mass is 292 g/mol. The number of ether oxygens (including phenoxy) is 2. The Hall–Kier alpha value is -1.38. The number of rotatable bonds is 10. The van der Waals surface area contributed by atoms with Crippen LogP contribution in [-0.4, -0.2) is 79.8 Å².